The Kier molecular flexibility index (Phi) is 7.67. The standard InChI is InChI=1S/C16H20O6/c1-3-20-15(18)13(16(19)21-4-2)10-14(17)22-11-12-8-6-5-7-9-12/h5-9,13H,3-4,10-11H2,1-2H3. The van der Waals surface area contributed by atoms with Gasteiger partial charge in [-0.3, -0.25) is 14.4 Å². The first-order valence-electron chi connectivity index (χ1n) is 7.11. The molecule has 22 heavy (non-hydrogen) atoms. The van der Waals surface area contributed by atoms with Gasteiger partial charge in [-0.25, -0.2) is 0 Å². The van der Waals surface area contributed by atoms with Crippen molar-refractivity contribution in [2.45, 2.75) is 26.9 Å². The molecule has 1 aromatic rings. The second kappa shape index (κ2) is 9.55. The molecule has 0 aliphatic carbocycles. The van der Waals surface area contributed by atoms with Gasteiger partial charge in [0.2, 0.25) is 0 Å². The van der Waals surface area contributed by atoms with E-state index in [9.17, 15) is 14.4 Å². The molecular formula is C16H20O6. The lowest BCUT2D eigenvalue weighted by molar-refractivity contribution is -0.166. The van der Waals surface area contributed by atoms with Gasteiger partial charge < -0.3 is 14.2 Å². The van der Waals surface area contributed by atoms with Crippen LogP contribution in [0.15, 0.2) is 30.3 Å². The van der Waals surface area contributed by atoms with Crippen molar-refractivity contribution >= 4 is 17.9 Å². The average molecular weight is 308 g/mol. The molecule has 0 saturated heterocycles. The summed E-state index contributed by atoms with van der Waals surface area (Å²) in [6.45, 7) is 3.56. The first-order chi connectivity index (χ1) is 10.6. The van der Waals surface area contributed by atoms with Crippen molar-refractivity contribution in [2.75, 3.05) is 13.2 Å². The number of ether oxygens (including phenoxy) is 3. The van der Waals surface area contributed by atoms with Crippen LogP contribution in [-0.4, -0.2) is 31.1 Å². The highest BCUT2D eigenvalue weighted by Crippen LogP contribution is 2.11. The van der Waals surface area contributed by atoms with Gasteiger partial charge in [-0.1, -0.05) is 30.3 Å². The van der Waals surface area contributed by atoms with Gasteiger partial charge in [0.25, 0.3) is 0 Å². The van der Waals surface area contributed by atoms with Crippen molar-refractivity contribution in [3.63, 3.8) is 0 Å². The van der Waals surface area contributed by atoms with Gasteiger partial charge >= 0.3 is 17.9 Å². The number of hydrogen-bond donors (Lipinski definition) is 0. The van der Waals surface area contributed by atoms with Crippen molar-refractivity contribution in [1.82, 2.24) is 0 Å². The van der Waals surface area contributed by atoms with Gasteiger partial charge in [0.1, 0.15) is 6.61 Å². The molecule has 0 fully saturated rings. The van der Waals surface area contributed by atoms with E-state index in [1.807, 2.05) is 30.3 Å². The van der Waals surface area contributed by atoms with Gasteiger partial charge in [0.05, 0.1) is 19.6 Å². The predicted molar refractivity (Wildman–Crippen MR) is 77.6 cm³/mol. The van der Waals surface area contributed by atoms with Gasteiger partial charge in [0.15, 0.2) is 5.92 Å². The average Bonchev–Trinajstić information content (AvgIpc) is 2.52. The Morgan fingerprint density at radius 2 is 1.45 bits per heavy atom. The number of hydrogen-bond acceptors (Lipinski definition) is 6. The predicted octanol–water partition coefficient (Wildman–Crippen LogP) is 1.86. The van der Waals surface area contributed by atoms with E-state index in [4.69, 9.17) is 14.2 Å². The van der Waals surface area contributed by atoms with E-state index >= 15 is 0 Å². The fraction of sp³-hybridized carbons (Fsp3) is 0.438. The Bertz CT molecular complexity index is 479. The minimum atomic E-state index is -1.29. The molecule has 0 bridgehead atoms. The quantitative estimate of drug-likeness (QED) is 0.414. The van der Waals surface area contributed by atoms with Gasteiger partial charge in [-0.15, -0.1) is 0 Å². The van der Waals surface area contributed by atoms with Crippen LogP contribution in [0.1, 0.15) is 25.8 Å². The lowest BCUT2D eigenvalue weighted by Crippen LogP contribution is -2.30. The summed E-state index contributed by atoms with van der Waals surface area (Å²) >= 11 is 0. The molecular weight excluding hydrogens is 288 g/mol. The van der Waals surface area contributed by atoms with E-state index in [0.29, 0.717) is 0 Å². The van der Waals surface area contributed by atoms with Crippen LogP contribution < -0.4 is 0 Å². The molecule has 0 unspecified atom stereocenters. The van der Waals surface area contributed by atoms with Crippen LogP contribution in [0, 0.1) is 5.92 Å². The zero-order chi connectivity index (χ0) is 16.4. The third-order valence-corrected chi connectivity index (χ3v) is 2.76. The number of benzene rings is 1. The molecule has 0 atom stereocenters. The Morgan fingerprint density at radius 1 is 0.909 bits per heavy atom. The van der Waals surface area contributed by atoms with E-state index in [1.54, 1.807) is 13.8 Å². The molecule has 0 aliphatic heterocycles. The molecule has 0 amide bonds. The summed E-state index contributed by atoms with van der Waals surface area (Å²) in [5.41, 5.74) is 0.819. The molecule has 1 rings (SSSR count). The molecule has 0 radical (unpaired) electrons. The SMILES string of the molecule is CCOC(=O)C(CC(=O)OCc1ccccc1)C(=O)OCC. The summed E-state index contributed by atoms with van der Waals surface area (Å²) in [6.07, 6.45) is -0.398. The van der Waals surface area contributed by atoms with E-state index in [0.717, 1.165) is 5.56 Å². The van der Waals surface area contributed by atoms with Crippen molar-refractivity contribution in [3.8, 4) is 0 Å². The highest BCUT2D eigenvalue weighted by molar-refractivity contribution is 5.98. The molecule has 0 saturated carbocycles. The fourth-order valence-corrected chi connectivity index (χ4v) is 1.71. The first kappa shape index (κ1) is 17.7. The monoisotopic (exact) mass is 308 g/mol. The molecule has 0 N–H and O–H groups in total. The molecule has 6 nitrogen and oxygen atoms in total. The van der Waals surface area contributed by atoms with Crippen LogP contribution in [0.3, 0.4) is 0 Å². The Hall–Kier alpha value is -2.37. The van der Waals surface area contributed by atoms with Crippen molar-refractivity contribution < 1.29 is 28.6 Å². The van der Waals surface area contributed by atoms with Crippen molar-refractivity contribution in [1.29, 1.82) is 0 Å². The Labute approximate surface area is 129 Å². The van der Waals surface area contributed by atoms with E-state index < -0.39 is 30.2 Å². The zero-order valence-electron chi connectivity index (χ0n) is 12.7. The van der Waals surface area contributed by atoms with Gasteiger partial charge in [0, 0.05) is 0 Å². The van der Waals surface area contributed by atoms with Crippen LogP contribution in [0.4, 0.5) is 0 Å². The summed E-state index contributed by atoms with van der Waals surface area (Å²) in [5.74, 6) is -3.51. The minimum absolute atomic E-state index is 0.0814. The topological polar surface area (TPSA) is 78.9 Å². The molecule has 0 heterocycles. The summed E-state index contributed by atoms with van der Waals surface area (Å²) in [7, 11) is 0. The summed E-state index contributed by atoms with van der Waals surface area (Å²) in [5, 5.41) is 0. The van der Waals surface area contributed by atoms with Crippen molar-refractivity contribution in [2.24, 2.45) is 5.92 Å². The van der Waals surface area contributed by atoms with Crippen LogP contribution in [0.5, 0.6) is 0 Å². The molecule has 6 heteroatoms. The van der Waals surface area contributed by atoms with E-state index in [-0.39, 0.29) is 19.8 Å². The second-order valence-corrected chi connectivity index (χ2v) is 4.41. The lowest BCUT2D eigenvalue weighted by Gasteiger charge is -2.13. The Morgan fingerprint density at radius 3 is 1.95 bits per heavy atom. The first-order valence-corrected chi connectivity index (χ1v) is 7.11. The summed E-state index contributed by atoms with van der Waals surface area (Å²) in [4.78, 5) is 35.3. The van der Waals surface area contributed by atoms with E-state index in [1.165, 1.54) is 0 Å². The molecule has 0 aromatic heterocycles. The molecule has 0 aliphatic rings. The minimum Gasteiger partial charge on any atom is -0.465 e. The van der Waals surface area contributed by atoms with Crippen LogP contribution >= 0.6 is 0 Å². The molecule has 0 spiro atoms. The largest absolute Gasteiger partial charge is 0.465 e. The molecule has 120 valence electrons. The lowest BCUT2D eigenvalue weighted by atomic mass is 10.1. The maximum absolute atomic E-state index is 11.8. The van der Waals surface area contributed by atoms with Gasteiger partial charge in [-0.05, 0) is 19.4 Å². The smallest absolute Gasteiger partial charge is 0.320 e. The van der Waals surface area contributed by atoms with Gasteiger partial charge in [-0.2, -0.15) is 0 Å². The number of esters is 3. The van der Waals surface area contributed by atoms with Crippen LogP contribution in [0.25, 0.3) is 0 Å². The maximum atomic E-state index is 11.8. The van der Waals surface area contributed by atoms with E-state index in [2.05, 4.69) is 0 Å². The fourth-order valence-electron chi connectivity index (χ4n) is 1.71. The third-order valence-electron chi connectivity index (χ3n) is 2.76. The highest BCUT2D eigenvalue weighted by Gasteiger charge is 2.32. The summed E-state index contributed by atoms with van der Waals surface area (Å²) in [6, 6.07) is 9.11. The zero-order valence-corrected chi connectivity index (χ0v) is 12.7. The van der Waals surface area contributed by atoms with Crippen LogP contribution in [0.2, 0.25) is 0 Å². The number of rotatable bonds is 8. The Balaban J connectivity index is 2.58. The number of carbonyl (C=O) groups is 3. The molecule has 1 aromatic carbocycles. The maximum Gasteiger partial charge on any atom is 0.320 e. The van der Waals surface area contributed by atoms with Crippen LogP contribution in [-0.2, 0) is 35.2 Å². The number of carbonyl (C=O) groups excluding carboxylic acids is 3. The van der Waals surface area contributed by atoms with Crippen molar-refractivity contribution in [3.05, 3.63) is 35.9 Å². The summed E-state index contributed by atoms with van der Waals surface area (Å²) < 4.78 is 14.6. The normalized spacial score (nSPS) is 10.1. The third kappa shape index (κ3) is 5.95. The second-order valence-electron chi connectivity index (χ2n) is 4.41. The highest BCUT2D eigenvalue weighted by atomic mass is 16.6.